The van der Waals surface area contributed by atoms with Gasteiger partial charge in [0.1, 0.15) is 41.6 Å². The lowest BCUT2D eigenvalue weighted by Crippen LogP contribution is -2.64. The van der Waals surface area contributed by atoms with E-state index in [1.165, 1.54) is 36.7 Å². The number of rotatable bonds is 30. The Kier molecular flexibility index (Phi) is 27.0. The molecule has 0 radical (unpaired) electrons. The number of alkyl carbamates (subject to hydrolysis) is 2. The zero-order chi connectivity index (χ0) is 82.4. The van der Waals surface area contributed by atoms with Gasteiger partial charge < -0.3 is 49.4 Å². The molecule has 43 heteroatoms. The predicted molar refractivity (Wildman–Crippen MR) is 367 cm³/mol. The van der Waals surface area contributed by atoms with Gasteiger partial charge >= 0.3 is 61.2 Å². The van der Waals surface area contributed by atoms with Crippen LogP contribution in [0.1, 0.15) is 108 Å². The van der Waals surface area contributed by atoms with Gasteiger partial charge in [-0.3, -0.25) is 43.8 Å². The molecule has 3 aliphatic rings. The molecule has 8 rings (SSSR count). The number of carboxylic acids is 1. The van der Waals surface area contributed by atoms with Crippen LogP contribution in [0.15, 0.2) is 79.3 Å². The third kappa shape index (κ3) is 21.3. The number of hydrogen-bond acceptors (Lipinski definition) is 21. The monoisotopic (exact) mass is 1620 g/mol. The van der Waals surface area contributed by atoms with Gasteiger partial charge in [-0.1, -0.05) is 50.0 Å². The van der Waals surface area contributed by atoms with E-state index in [1.807, 2.05) is 10.7 Å². The number of piperazine rings is 1. The number of aliphatic carboxylic acids is 1. The summed E-state index contributed by atoms with van der Waals surface area (Å²) in [6, 6.07) is 1.17. The van der Waals surface area contributed by atoms with Gasteiger partial charge in [0, 0.05) is 78.0 Å². The fraction of sp³-hybridized carbons (Fsp3) is 0.500. The number of amides is 5. The van der Waals surface area contributed by atoms with Crippen LogP contribution < -0.4 is 30.8 Å². The molecular weight excluding hydrogens is 1540 g/mol. The van der Waals surface area contributed by atoms with Gasteiger partial charge in [-0.15, -0.1) is 0 Å². The smallest absolute Gasteiger partial charge is 0.480 e. The molecule has 3 aromatic carbocycles. The number of carbonyl (C=O) groups excluding carboxylic acids is 6. The normalized spacial score (nSPS) is 17.2. The highest BCUT2D eigenvalue weighted by Gasteiger charge is 2.58. The van der Waals surface area contributed by atoms with Crippen LogP contribution >= 0.6 is 7.82 Å². The first kappa shape index (κ1) is 86.8. The van der Waals surface area contributed by atoms with Crippen molar-refractivity contribution >= 4 is 65.9 Å². The number of hydrogen-bond donors (Lipinski definition) is 8. The Morgan fingerprint density at radius 2 is 1.32 bits per heavy atom. The standard InChI is InChI=1S/C68H79F10N12O19PS/c1-36(59(95)96)90(111(102,103)104)52(91)26-40-11-10-12-50(109-110(99,100)101)54(40)64(2,3)27-53(92)108-51(33-87(85-58(94)56(83-63(98)106-9)66(6,7)68(76,77)78)32-45-46(69)24-41(25-47(45)70)48-21-22-88(84-48)60(71)72)49(81-57(93)55(82-62(97)105-8)65(4,5)67(73,74)75)23-38-16-13-37(14-17-38)15-18-39-28-79-61(80-29-39)86-30-42-19-20-43(31-86)89(42)44-34-107-35-44/h10-14,16-17,21-22,24-25,28-29,36,42-44,49,51,55-56,60H,19-20,23,26-27,30-35H2,1-9H3,(H,81,93)(H,82,97)(H,83,98)(H,85,94)(H,95,96)(H2,99,100,101)(H,102,103,104)/t36-,42?,43?,49+,51+,55-,56-/m1/s1. The Morgan fingerprint density at radius 3 is 1.81 bits per heavy atom. The van der Waals surface area contributed by atoms with Crippen LogP contribution in [0.2, 0.25) is 0 Å². The highest BCUT2D eigenvalue weighted by molar-refractivity contribution is 7.84. The highest BCUT2D eigenvalue weighted by atomic mass is 32.2. The van der Waals surface area contributed by atoms with Crippen molar-refractivity contribution in [2.45, 2.75) is 160 Å². The van der Waals surface area contributed by atoms with Crippen LogP contribution in [-0.4, -0.2) is 211 Å². The summed E-state index contributed by atoms with van der Waals surface area (Å²) < 4.78 is 225. The zero-order valence-corrected chi connectivity index (χ0v) is 62.3. The number of fused-ring (bicyclic) bond motifs is 2. The van der Waals surface area contributed by atoms with E-state index in [9.17, 15) is 65.2 Å². The minimum absolute atomic E-state index is 0.0205. The number of carbonyl (C=O) groups is 7. The molecule has 111 heavy (non-hydrogen) atoms. The van der Waals surface area contributed by atoms with Crippen molar-refractivity contribution in [3.8, 4) is 28.8 Å². The molecule has 0 aliphatic carbocycles. The number of ether oxygens (including phenoxy) is 4. The molecule has 7 atom stereocenters. The number of carboxylic acid groups (broad SMARTS) is 1. The first-order chi connectivity index (χ1) is 51.5. The maximum atomic E-state index is 16.9. The fourth-order valence-corrected chi connectivity index (χ4v) is 14.1. The molecule has 31 nitrogen and oxygen atoms in total. The van der Waals surface area contributed by atoms with Crippen molar-refractivity contribution in [2.24, 2.45) is 10.8 Å². The largest absolute Gasteiger partial charge is 0.524 e. The number of phosphoric ester groups is 1. The lowest BCUT2D eigenvalue weighted by Gasteiger charge is -2.47. The third-order valence-corrected chi connectivity index (χ3v) is 20.5. The van der Waals surface area contributed by atoms with E-state index in [2.05, 4.69) is 51.5 Å². The van der Waals surface area contributed by atoms with Crippen LogP contribution in [0.25, 0.3) is 11.3 Å². The van der Waals surface area contributed by atoms with E-state index in [1.54, 1.807) is 5.32 Å². The van der Waals surface area contributed by atoms with Crippen LogP contribution in [0.4, 0.5) is 59.4 Å². The maximum Gasteiger partial charge on any atom is 0.524 e. The van der Waals surface area contributed by atoms with Crippen molar-refractivity contribution in [3.63, 3.8) is 0 Å². The van der Waals surface area contributed by atoms with Gasteiger partial charge in [0.05, 0.1) is 81.0 Å². The van der Waals surface area contributed by atoms with Gasteiger partial charge in [-0.05, 0) is 101 Å². The molecule has 3 saturated heterocycles. The zero-order valence-electron chi connectivity index (χ0n) is 60.6. The summed E-state index contributed by atoms with van der Waals surface area (Å²) in [5.41, 5.74) is -9.41. The summed E-state index contributed by atoms with van der Waals surface area (Å²) >= 11 is 0. The Balaban J connectivity index is 1.28. The summed E-state index contributed by atoms with van der Waals surface area (Å²) in [5.74, 6) is -6.78. The number of benzene rings is 3. The summed E-state index contributed by atoms with van der Waals surface area (Å²) in [4.78, 5) is 131. The summed E-state index contributed by atoms with van der Waals surface area (Å²) in [6.07, 6.45) is -14.2. The molecule has 2 bridgehead atoms. The van der Waals surface area contributed by atoms with Gasteiger partial charge in [0.25, 0.3) is 5.91 Å². The predicted octanol–water partition coefficient (Wildman–Crippen LogP) is 7.05. The first-order valence-electron chi connectivity index (χ1n) is 33.7. The van der Waals surface area contributed by atoms with E-state index in [4.69, 9.17) is 14.0 Å². The summed E-state index contributed by atoms with van der Waals surface area (Å²) in [6.45, 7) is 1.23. The molecule has 2 unspecified atom stereocenters. The highest BCUT2D eigenvalue weighted by Crippen LogP contribution is 2.47. The Morgan fingerprint density at radius 1 is 0.775 bits per heavy atom. The minimum atomic E-state index is -5.75. The van der Waals surface area contributed by atoms with E-state index >= 15 is 44.7 Å². The molecule has 3 aliphatic heterocycles. The Hall–Kier alpha value is -9.76. The van der Waals surface area contributed by atoms with Gasteiger partial charge in [0.15, 0.2) is 0 Å². The second-order valence-corrected chi connectivity index (χ2v) is 30.5. The number of methoxy groups -OCH3 is 2. The first-order valence-corrected chi connectivity index (χ1v) is 36.6. The number of nitrogens with one attached hydrogen (secondary N) is 4. The van der Waals surface area contributed by atoms with Gasteiger partial charge in [-0.2, -0.15) is 48.6 Å². The second-order valence-electron chi connectivity index (χ2n) is 28.1. The van der Waals surface area contributed by atoms with E-state index < -0.39 is 207 Å². The molecule has 5 aromatic rings. The van der Waals surface area contributed by atoms with Crippen LogP contribution in [-0.2, 0) is 82.6 Å². The average Bonchev–Trinajstić information content (AvgIpc) is 1.75. The number of phosphoric acid groups is 1. The van der Waals surface area contributed by atoms with Crippen LogP contribution in [0.5, 0.6) is 5.75 Å². The summed E-state index contributed by atoms with van der Waals surface area (Å²) in [5, 5.41) is 19.5. The maximum absolute atomic E-state index is 16.9. The van der Waals surface area contributed by atoms with Crippen molar-refractivity contribution in [1.82, 2.24) is 55.3 Å². The SMILES string of the molecule is COC(=O)N[C@H](C(=O)N[C@@H](Cc1ccc(C#Cc2cnc(N3CC4CCC(C3)N4C3COC3)nc2)cc1)[C@H](CN(Cc1c(F)cc(-c2ccn(C(F)F)n2)cc1F)NC(=O)[C@@H](NC(=O)OC)C(C)(C)C(F)(F)F)OC(=O)CC(C)(C)c1c(CC(=O)N([C@H](C)C(=O)O)S(=O)(=O)O)cccc1OP(=O)(O)O)C(C)(C)C(F)(F)F. The lowest BCUT2D eigenvalue weighted by molar-refractivity contribution is -0.221. The van der Waals surface area contributed by atoms with E-state index in [-0.39, 0.29) is 27.9 Å². The molecule has 8 N–H and O–H groups in total. The number of alkyl halides is 8. The van der Waals surface area contributed by atoms with Crippen LogP contribution in [0.3, 0.4) is 0 Å². The molecule has 2 aromatic heterocycles. The molecule has 5 heterocycles. The van der Waals surface area contributed by atoms with Crippen molar-refractivity contribution in [1.29, 1.82) is 0 Å². The minimum Gasteiger partial charge on any atom is -0.480 e. The quantitative estimate of drug-likeness (QED) is 0.00434. The van der Waals surface area contributed by atoms with Crippen molar-refractivity contribution < 1.29 is 133 Å². The molecule has 5 amide bonds. The molecule has 606 valence electrons. The van der Waals surface area contributed by atoms with E-state index in [0.29, 0.717) is 103 Å². The molecule has 0 saturated carbocycles. The summed E-state index contributed by atoms with van der Waals surface area (Å²) in [7, 11) is -10.1. The number of esters is 1. The fourth-order valence-electron chi connectivity index (χ4n) is 12.9. The molecule has 0 spiro atoms. The number of aromatic nitrogens is 4. The van der Waals surface area contributed by atoms with Crippen molar-refractivity contribution in [3.05, 3.63) is 124 Å². The van der Waals surface area contributed by atoms with Gasteiger partial charge in [-0.25, -0.2) is 51.7 Å². The molecule has 3 fully saturated rings. The Labute approximate surface area is 628 Å². The van der Waals surface area contributed by atoms with Crippen molar-refractivity contribution in [2.75, 3.05) is 52.0 Å². The Bertz CT molecular complexity index is 4470. The molecular formula is C68H79F10N12O19PS. The van der Waals surface area contributed by atoms with Crippen LogP contribution in [0, 0.1) is 34.3 Å². The average molecular weight is 1620 g/mol. The number of hydrazine groups is 1. The topological polar surface area (TPSA) is 402 Å². The third-order valence-electron chi connectivity index (χ3n) is 19.0. The second kappa shape index (κ2) is 34.5. The number of halogens is 10. The van der Waals surface area contributed by atoms with Gasteiger partial charge in [0.2, 0.25) is 17.8 Å². The lowest BCUT2D eigenvalue weighted by atomic mass is 9.77. The number of anilines is 1. The number of nitrogens with zero attached hydrogens (tertiary/aromatic N) is 8. The van der Waals surface area contributed by atoms with E-state index in [0.717, 1.165) is 64.3 Å².